The van der Waals surface area contributed by atoms with Gasteiger partial charge in [0.25, 0.3) is 0 Å². The van der Waals surface area contributed by atoms with E-state index in [1.807, 2.05) is 36.5 Å². The van der Waals surface area contributed by atoms with Crippen LogP contribution in [-0.4, -0.2) is 52.8 Å². The van der Waals surface area contributed by atoms with Crippen molar-refractivity contribution in [2.75, 3.05) is 20.3 Å². The zero-order chi connectivity index (χ0) is 25.3. The molecule has 192 valence electrons. The van der Waals surface area contributed by atoms with E-state index in [4.69, 9.17) is 19.3 Å². The standard InChI is InChI=1S/C28H35N3O5/c1-3-35-25(28(32)33)19-20-9-12-23(13-10-20)36-18-17-31-16-15-22-11-14-24(29-27(22)31)26(30-34-2)21-7-5-4-6-8-21/h9-16,21,25H,3-8,17-19H2,1-2H3,(H,32,33). The summed E-state index contributed by atoms with van der Waals surface area (Å²) < 4.78 is 13.3. The molecular weight excluding hydrogens is 458 g/mol. The third kappa shape index (κ3) is 6.43. The summed E-state index contributed by atoms with van der Waals surface area (Å²) in [6.45, 7) is 3.28. The fourth-order valence-corrected chi connectivity index (χ4v) is 4.80. The lowest BCUT2D eigenvalue weighted by Gasteiger charge is -2.22. The molecule has 8 heteroatoms. The second-order valence-electron chi connectivity index (χ2n) is 9.09. The molecule has 2 aromatic heterocycles. The van der Waals surface area contributed by atoms with Gasteiger partial charge < -0.3 is 24.0 Å². The number of fused-ring (bicyclic) bond motifs is 1. The van der Waals surface area contributed by atoms with Gasteiger partial charge in [-0.2, -0.15) is 0 Å². The molecular formula is C28H35N3O5. The Hall–Kier alpha value is -3.39. The Kier molecular flexibility index (Phi) is 8.95. The highest BCUT2D eigenvalue weighted by Crippen LogP contribution is 2.28. The third-order valence-corrected chi connectivity index (χ3v) is 6.64. The van der Waals surface area contributed by atoms with Crippen LogP contribution in [0.2, 0.25) is 0 Å². The van der Waals surface area contributed by atoms with E-state index < -0.39 is 12.1 Å². The Morgan fingerprint density at radius 1 is 1.14 bits per heavy atom. The number of rotatable bonds is 12. The third-order valence-electron chi connectivity index (χ3n) is 6.64. The molecule has 8 nitrogen and oxygen atoms in total. The van der Waals surface area contributed by atoms with Gasteiger partial charge in [0.2, 0.25) is 0 Å². The van der Waals surface area contributed by atoms with Gasteiger partial charge >= 0.3 is 5.97 Å². The van der Waals surface area contributed by atoms with Gasteiger partial charge in [0, 0.05) is 30.5 Å². The fourth-order valence-electron chi connectivity index (χ4n) is 4.80. The van der Waals surface area contributed by atoms with Crippen molar-refractivity contribution in [1.82, 2.24) is 9.55 Å². The molecule has 0 bridgehead atoms. The second kappa shape index (κ2) is 12.5. The second-order valence-corrected chi connectivity index (χ2v) is 9.09. The molecule has 0 radical (unpaired) electrons. The summed E-state index contributed by atoms with van der Waals surface area (Å²) in [5.41, 5.74) is 3.61. The number of aliphatic carboxylic acids is 1. The molecule has 0 aliphatic heterocycles. The molecule has 1 fully saturated rings. The minimum Gasteiger partial charge on any atom is -0.492 e. The highest BCUT2D eigenvalue weighted by molar-refractivity contribution is 6.01. The quantitative estimate of drug-likeness (QED) is 0.279. The van der Waals surface area contributed by atoms with Crippen molar-refractivity contribution in [2.45, 2.75) is 58.1 Å². The monoisotopic (exact) mass is 493 g/mol. The van der Waals surface area contributed by atoms with Crippen LogP contribution in [0, 0.1) is 5.92 Å². The lowest BCUT2D eigenvalue weighted by Crippen LogP contribution is -2.26. The smallest absolute Gasteiger partial charge is 0.333 e. The number of hydrogen-bond donors (Lipinski definition) is 1. The van der Waals surface area contributed by atoms with Crippen LogP contribution in [0.5, 0.6) is 5.75 Å². The van der Waals surface area contributed by atoms with Crippen LogP contribution in [-0.2, 0) is 27.3 Å². The van der Waals surface area contributed by atoms with E-state index >= 15 is 0 Å². The van der Waals surface area contributed by atoms with Gasteiger partial charge in [0.05, 0.1) is 12.2 Å². The lowest BCUT2D eigenvalue weighted by atomic mass is 9.84. The molecule has 1 N–H and O–H groups in total. The van der Waals surface area contributed by atoms with Gasteiger partial charge in [-0.15, -0.1) is 0 Å². The summed E-state index contributed by atoms with van der Waals surface area (Å²) in [6.07, 6.45) is 7.48. The average Bonchev–Trinajstić information content (AvgIpc) is 3.30. The van der Waals surface area contributed by atoms with Crippen LogP contribution in [0.15, 0.2) is 53.8 Å². The number of ether oxygens (including phenoxy) is 2. The van der Waals surface area contributed by atoms with Crippen molar-refractivity contribution in [3.05, 3.63) is 59.9 Å². The molecule has 1 aliphatic carbocycles. The molecule has 1 atom stereocenters. The Morgan fingerprint density at radius 2 is 1.92 bits per heavy atom. The van der Waals surface area contributed by atoms with Crippen LogP contribution in [0.1, 0.15) is 50.3 Å². The van der Waals surface area contributed by atoms with Crippen LogP contribution in [0.25, 0.3) is 11.0 Å². The molecule has 2 heterocycles. The number of hydrogen-bond acceptors (Lipinski definition) is 6. The highest BCUT2D eigenvalue weighted by Gasteiger charge is 2.23. The Morgan fingerprint density at radius 3 is 2.61 bits per heavy atom. The Balaban J connectivity index is 1.39. The van der Waals surface area contributed by atoms with E-state index in [0.29, 0.717) is 32.1 Å². The largest absolute Gasteiger partial charge is 0.492 e. The predicted octanol–water partition coefficient (Wildman–Crippen LogP) is 5.08. The van der Waals surface area contributed by atoms with Gasteiger partial charge in [-0.1, -0.05) is 36.6 Å². The van der Waals surface area contributed by atoms with Gasteiger partial charge in [-0.05, 0) is 55.7 Å². The van der Waals surface area contributed by atoms with E-state index in [9.17, 15) is 9.90 Å². The summed E-state index contributed by atoms with van der Waals surface area (Å²) in [5.74, 6) is 0.170. The number of oxime groups is 1. The predicted molar refractivity (Wildman–Crippen MR) is 139 cm³/mol. The van der Waals surface area contributed by atoms with Crippen molar-refractivity contribution in [3.63, 3.8) is 0 Å². The number of carbonyl (C=O) groups is 1. The van der Waals surface area contributed by atoms with Gasteiger partial charge in [-0.25, -0.2) is 9.78 Å². The molecule has 36 heavy (non-hydrogen) atoms. The average molecular weight is 494 g/mol. The number of aromatic nitrogens is 2. The summed E-state index contributed by atoms with van der Waals surface area (Å²) >= 11 is 0. The first-order valence-corrected chi connectivity index (χ1v) is 12.7. The molecule has 1 saturated carbocycles. The number of carboxylic acid groups (broad SMARTS) is 1. The van der Waals surface area contributed by atoms with E-state index in [1.54, 1.807) is 14.0 Å². The Bertz CT molecular complexity index is 1170. The van der Waals surface area contributed by atoms with E-state index in [2.05, 4.69) is 21.9 Å². The lowest BCUT2D eigenvalue weighted by molar-refractivity contribution is -0.149. The maximum Gasteiger partial charge on any atom is 0.333 e. The van der Waals surface area contributed by atoms with Gasteiger partial charge in [-0.3, -0.25) is 0 Å². The summed E-state index contributed by atoms with van der Waals surface area (Å²) in [4.78, 5) is 21.5. The van der Waals surface area contributed by atoms with Gasteiger partial charge in [0.1, 0.15) is 30.8 Å². The molecule has 1 unspecified atom stereocenters. The van der Waals surface area contributed by atoms with E-state index in [1.165, 1.54) is 19.3 Å². The van der Waals surface area contributed by atoms with Crippen molar-refractivity contribution >= 4 is 22.7 Å². The molecule has 3 aromatic rings. The molecule has 4 rings (SSSR count). The minimum absolute atomic E-state index is 0.321. The molecule has 0 spiro atoms. The van der Waals surface area contributed by atoms with Crippen molar-refractivity contribution < 1.29 is 24.2 Å². The topological polar surface area (TPSA) is 95.2 Å². The maximum atomic E-state index is 11.3. The van der Waals surface area contributed by atoms with Crippen molar-refractivity contribution in [3.8, 4) is 5.75 Å². The fraction of sp³-hybridized carbons (Fsp3) is 0.464. The molecule has 1 aromatic carbocycles. The first-order chi connectivity index (χ1) is 17.6. The molecule has 1 aliphatic rings. The normalized spacial score (nSPS) is 15.7. The highest BCUT2D eigenvalue weighted by atomic mass is 16.6. The van der Waals surface area contributed by atoms with E-state index in [-0.39, 0.29) is 0 Å². The zero-order valence-corrected chi connectivity index (χ0v) is 21.1. The summed E-state index contributed by atoms with van der Waals surface area (Å²) in [5, 5.41) is 14.7. The van der Waals surface area contributed by atoms with Gasteiger partial charge in [0.15, 0.2) is 6.10 Å². The van der Waals surface area contributed by atoms with Crippen LogP contribution < -0.4 is 4.74 Å². The first-order valence-electron chi connectivity index (χ1n) is 12.7. The number of benzene rings is 1. The van der Waals surface area contributed by atoms with Crippen LogP contribution in [0.4, 0.5) is 0 Å². The van der Waals surface area contributed by atoms with Crippen molar-refractivity contribution in [2.24, 2.45) is 11.1 Å². The molecule has 0 amide bonds. The van der Waals surface area contributed by atoms with Crippen LogP contribution in [0.3, 0.4) is 0 Å². The SMILES string of the molecule is CCOC(Cc1ccc(OCCn2ccc3ccc(C(=NOC)C4CCCCC4)nc32)cc1)C(=O)O. The maximum absolute atomic E-state index is 11.3. The van der Waals surface area contributed by atoms with E-state index in [0.717, 1.165) is 46.6 Å². The number of carboxylic acids is 1. The number of pyridine rings is 1. The van der Waals surface area contributed by atoms with Crippen molar-refractivity contribution in [1.29, 1.82) is 0 Å². The summed E-state index contributed by atoms with van der Waals surface area (Å²) in [6, 6.07) is 13.7. The summed E-state index contributed by atoms with van der Waals surface area (Å²) in [7, 11) is 1.59. The Labute approximate surface area is 211 Å². The zero-order valence-electron chi connectivity index (χ0n) is 21.1. The van der Waals surface area contributed by atoms with Crippen LogP contribution >= 0.6 is 0 Å². The number of nitrogens with zero attached hydrogens (tertiary/aromatic N) is 3. The first kappa shape index (κ1) is 25.7. The minimum atomic E-state index is -0.952. The molecule has 0 saturated heterocycles.